The number of hydrogen-bond donors (Lipinski definition) is 0. The summed E-state index contributed by atoms with van der Waals surface area (Å²) in [6.07, 6.45) is 0.575. The summed E-state index contributed by atoms with van der Waals surface area (Å²) in [4.78, 5) is 14.0. The third-order valence-corrected chi connectivity index (χ3v) is 4.07. The predicted molar refractivity (Wildman–Crippen MR) is 80.9 cm³/mol. The molecule has 19 heavy (non-hydrogen) atoms. The van der Waals surface area contributed by atoms with Crippen LogP contribution in [0, 0.1) is 3.70 Å². The highest BCUT2D eigenvalue weighted by Crippen LogP contribution is 2.27. The molecule has 0 aromatic carbocycles. The number of aromatic nitrogens is 2. The van der Waals surface area contributed by atoms with Gasteiger partial charge in [-0.15, -0.1) is 0 Å². The smallest absolute Gasteiger partial charge is 0.410 e. The number of nitrogens with zero attached hydrogens (tertiary/aromatic N) is 3. The van der Waals surface area contributed by atoms with E-state index in [4.69, 9.17) is 4.74 Å². The maximum absolute atomic E-state index is 12.2. The first-order valence-corrected chi connectivity index (χ1v) is 7.47. The topological polar surface area (TPSA) is 47.4 Å². The van der Waals surface area contributed by atoms with Crippen LogP contribution in [0.25, 0.3) is 0 Å². The Bertz CT molecular complexity index is 505. The van der Waals surface area contributed by atoms with Crippen LogP contribution in [0.4, 0.5) is 4.79 Å². The van der Waals surface area contributed by atoms with Crippen LogP contribution >= 0.6 is 22.6 Å². The van der Waals surface area contributed by atoms with E-state index in [9.17, 15) is 4.79 Å². The van der Waals surface area contributed by atoms with E-state index in [1.807, 2.05) is 39.4 Å². The molecule has 2 heterocycles. The minimum Gasteiger partial charge on any atom is -0.444 e. The second-order valence-corrected chi connectivity index (χ2v) is 7.02. The van der Waals surface area contributed by atoms with Gasteiger partial charge in [-0.1, -0.05) is 0 Å². The van der Waals surface area contributed by atoms with Gasteiger partial charge in [0.2, 0.25) is 0 Å². The van der Waals surface area contributed by atoms with Gasteiger partial charge >= 0.3 is 6.09 Å². The normalized spacial score (nSPS) is 19.3. The average Bonchev–Trinajstić information content (AvgIpc) is 2.50. The molecule has 5 nitrogen and oxygen atoms in total. The molecule has 1 atom stereocenters. The second kappa shape index (κ2) is 4.96. The minimum atomic E-state index is -0.459. The van der Waals surface area contributed by atoms with Crippen LogP contribution in [0.15, 0.2) is 0 Å². The standard InChI is InChI=1S/C13H20IN3O2/c1-8-6-10-9(11(14)15-16(10)5)7-17(8)12(18)19-13(2,3)4/h8H,6-7H2,1-5H3. The van der Waals surface area contributed by atoms with Crippen molar-refractivity contribution in [2.75, 3.05) is 0 Å². The van der Waals surface area contributed by atoms with Crippen LogP contribution in [0.5, 0.6) is 0 Å². The lowest BCUT2D eigenvalue weighted by molar-refractivity contribution is 0.0135. The summed E-state index contributed by atoms with van der Waals surface area (Å²) in [6.45, 7) is 8.29. The van der Waals surface area contributed by atoms with Crippen molar-refractivity contribution in [2.45, 2.75) is 52.3 Å². The number of halogens is 1. The first-order valence-electron chi connectivity index (χ1n) is 6.39. The van der Waals surface area contributed by atoms with Crippen molar-refractivity contribution in [3.63, 3.8) is 0 Å². The number of ether oxygens (including phenoxy) is 1. The fourth-order valence-corrected chi connectivity index (χ4v) is 3.07. The SMILES string of the molecule is CC1Cc2c(c(I)nn2C)CN1C(=O)OC(C)(C)C. The minimum absolute atomic E-state index is 0.133. The number of aryl methyl sites for hydroxylation is 1. The third kappa shape index (κ3) is 3.04. The van der Waals surface area contributed by atoms with E-state index < -0.39 is 5.60 Å². The van der Waals surface area contributed by atoms with Gasteiger partial charge in [-0.2, -0.15) is 5.10 Å². The van der Waals surface area contributed by atoms with E-state index in [1.54, 1.807) is 4.90 Å². The summed E-state index contributed by atoms with van der Waals surface area (Å²) in [6, 6.07) is 0.133. The fraction of sp³-hybridized carbons (Fsp3) is 0.692. The molecule has 0 N–H and O–H groups in total. The summed E-state index contributed by atoms with van der Waals surface area (Å²) in [5, 5.41) is 4.42. The molecule has 0 fully saturated rings. The Kier molecular flexibility index (Phi) is 3.81. The molecular formula is C13H20IN3O2. The van der Waals surface area contributed by atoms with E-state index in [1.165, 1.54) is 5.69 Å². The summed E-state index contributed by atoms with van der Waals surface area (Å²) in [7, 11) is 1.96. The van der Waals surface area contributed by atoms with E-state index >= 15 is 0 Å². The Labute approximate surface area is 127 Å². The Morgan fingerprint density at radius 2 is 2.11 bits per heavy atom. The van der Waals surface area contributed by atoms with E-state index in [-0.39, 0.29) is 12.1 Å². The third-order valence-electron chi connectivity index (χ3n) is 3.20. The summed E-state index contributed by atoms with van der Waals surface area (Å²) in [5.74, 6) is 0. The average molecular weight is 377 g/mol. The monoisotopic (exact) mass is 377 g/mol. The van der Waals surface area contributed by atoms with Gasteiger partial charge in [-0.05, 0) is 50.3 Å². The molecule has 1 aliphatic heterocycles. The van der Waals surface area contributed by atoms with Crippen LogP contribution in [0.3, 0.4) is 0 Å². The van der Waals surface area contributed by atoms with Crippen molar-refractivity contribution in [3.05, 3.63) is 15.0 Å². The molecular weight excluding hydrogens is 357 g/mol. The van der Waals surface area contributed by atoms with Gasteiger partial charge in [0.15, 0.2) is 0 Å². The fourth-order valence-electron chi connectivity index (χ4n) is 2.26. The van der Waals surface area contributed by atoms with Gasteiger partial charge < -0.3 is 9.64 Å². The molecule has 1 aromatic heterocycles. The zero-order valence-electron chi connectivity index (χ0n) is 12.0. The Balaban J connectivity index is 2.22. The van der Waals surface area contributed by atoms with Gasteiger partial charge in [-0.25, -0.2) is 4.79 Å². The highest BCUT2D eigenvalue weighted by molar-refractivity contribution is 14.1. The largest absolute Gasteiger partial charge is 0.444 e. The molecule has 1 aromatic rings. The van der Waals surface area contributed by atoms with Crippen molar-refractivity contribution in [1.29, 1.82) is 0 Å². The summed E-state index contributed by atoms with van der Waals surface area (Å²) < 4.78 is 8.35. The van der Waals surface area contributed by atoms with Crippen molar-refractivity contribution < 1.29 is 9.53 Å². The van der Waals surface area contributed by atoms with Crippen molar-refractivity contribution in [2.24, 2.45) is 7.05 Å². The van der Waals surface area contributed by atoms with Crippen LogP contribution in [-0.4, -0.2) is 32.4 Å². The van der Waals surface area contributed by atoms with Gasteiger partial charge in [-0.3, -0.25) is 4.68 Å². The second-order valence-electron chi connectivity index (χ2n) is 6.00. The Morgan fingerprint density at radius 1 is 1.47 bits per heavy atom. The first kappa shape index (κ1) is 14.6. The van der Waals surface area contributed by atoms with Gasteiger partial charge in [0.25, 0.3) is 0 Å². The van der Waals surface area contributed by atoms with E-state index in [0.29, 0.717) is 6.54 Å². The highest BCUT2D eigenvalue weighted by Gasteiger charge is 2.33. The number of carbonyl (C=O) groups is 1. The zero-order valence-corrected chi connectivity index (χ0v) is 14.2. The number of rotatable bonds is 0. The van der Waals surface area contributed by atoms with Crippen molar-refractivity contribution >= 4 is 28.7 Å². The quantitative estimate of drug-likeness (QED) is 0.654. The Morgan fingerprint density at radius 3 is 2.68 bits per heavy atom. The molecule has 1 amide bonds. The van der Waals surface area contributed by atoms with Gasteiger partial charge in [0.05, 0.1) is 6.54 Å². The maximum atomic E-state index is 12.2. The highest BCUT2D eigenvalue weighted by atomic mass is 127. The molecule has 0 aliphatic carbocycles. The summed E-state index contributed by atoms with van der Waals surface area (Å²) in [5.41, 5.74) is 1.91. The molecule has 0 bridgehead atoms. The van der Waals surface area contributed by atoms with Crippen LogP contribution < -0.4 is 0 Å². The number of hydrogen-bond acceptors (Lipinski definition) is 3. The number of carbonyl (C=O) groups excluding carboxylic acids is 1. The van der Waals surface area contributed by atoms with E-state index in [0.717, 1.165) is 15.7 Å². The molecule has 106 valence electrons. The van der Waals surface area contributed by atoms with Crippen LogP contribution in [0.1, 0.15) is 39.0 Å². The lowest BCUT2D eigenvalue weighted by Gasteiger charge is -2.35. The maximum Gasteiger partial charge on any atom is 0.410 e. The zero-order chi connectivity index (χ0) is 14.4. The molecule has 0 saturated carbocycles. The molecule has 0 saturated heterocycles. The van der Waals surface area contributed by atoms with E-state index in [2.05, 4.69) is 27.7 Å². The molecule has 1 unspecified atom stereocenters. The molecule has 6 heteroatoms. The molecule has 1 aliphatic rings. The van der Waals surface area contributed by atoms with Crippen molar-refractivity contribution in [1.82, 2.24) is 14.7 Å². The van der Waals surface area contributed by atoms with Crippen LogP contribution in [0.2, 0.25) is 0 Å². The van der Waals surface area contributed by atoms with Crippen LogP contribution in [-0.2, 0) is 24.8 Å². The van der Waals surface area contributed by atoms with Gasteiger partial charge in [0.1, 0.15) is 9.30 Å². The lowest BCUT2D eigenvalue weighted by Crippen LogP contribution is -2.45. The molecule has 2 rings (SSSR count). The lowest BCUT2D eigenvalue weighted by atomic mass is 10.0. The van der Waals surface area contributed by atoms with Gasteiger partial charge in [0, 0.05) is 30.8 Å². The Hall–Kier alpha value is -0.790. The molecule has 0 spiro atoms. The first-order chi connectivity index (χ1) is 8.69. The molecule has 0 radical (unpaired) electrons. The predicted octanol–water partition coefficient (Wildman–Crippen LogP) is 2.71. The number of fused-ring (bicyclic) bond motifs is 1. The van der Waals surface area contributed by atoms with Crippen molar-refractivity contribution in [3.8, 4) is 0 Å². The summed E-state index contributed by atoms with van der Waals surface area (Å²) >= 11 is 2.22. The number of amides is 1.